The van der Waals surface area contributed by atoms with Crippen molar-refractivity contribution in [3.8, 4) is 5.75 Å². The van der Waals surface area contributed by atoms with Crippen LogP contribution in [-0.4, -0.2) is 30.5 Å². The standard InChI is InChI=1S/C24H32N2O2/c1-4-28-21-9-7-8-19(16-21)17-26-14-12-20(13-15-26)24(27)25-23-11-6-5-10-22(23)18(2)3/h5-11,16,18,20H,4,12-15,17H2,1-3H3,(H,25,27). The Bertz CT molecular complexity index is 780. The monoisotopic (exact) mass is 380 g/mol. The first kappa shape index (κ1) is 20.4. The zero-order chi connectivity index (χ0) is 19.9. The molecule has 28 heavy (non-hydrogen) atoms. The Balaban J connectivity index is 1.52. The first-order valence-electron chi connectivity index (χ1n) is 10.4. The van der Waals surface area contributed by atoms with Crippen molar-refractivity contribution in [2.75, 3.05) is 25.0 Å². The van der Waals surface area contributed by atoms with E-state index in [1.54, 1.807) is 0 Å². The zero-order valence-corrected chi connectivity index (χ0v) is 17.3. The van der Waals surface area contributed by atoms with Crippen molar-refractivity contribution in [1.82, 2.24) is 4.90 Å². The largest absolute Gasteiger partial charge is 0.494 e. The minimum absolute atomic E-state index is 0.0891. The quantitative estimate of drug-likeness (QED) is 0.730. The SMILES string of the molecule is CCOc1cccc(CN2CCC(C(=O)Nc3ccccc3C(C)C)CC2)c1. The number of anilines is 1. The molecule has 1 amide bonds. The molecule has 1 fully saturated rings. The second kappa shape index (κ2) is 9.74. The highest BCUT2D eigenvalue weighted by Crippen LogP contribution is 2.26. The molecular weight excluding hydrogens is 348 g/mol. The highest BCUT2D eigenvalue weighted by Gasteiger charge is 2.25. The van der Waals surface area contributed by atoms with Crippen molar-refractivity contribution in [2.45, 2.75) is 46.1 Å². The molecule has 1 N–H and O–H groups in total. The van der Waals surface area contributed by atoms with Gasteiger partial charge in [-0.2, -0.15) is 0 Å². The lowest BCUT2D eigenvalue weighted by molar-refractivity contribution is -0.121. The molecule has 0 aliphatic carbocycles. The summed E-state index contributed by atoms with van der Waals surface area (Å²) < 4.78 is 5.60. The highest BCUT2D eigenvalue weighted by molar-refractivity contribution is 5.93. The number of hydrogen-bond donors (Lipinski definition) is 1. The normalized spacial score (nSPS) is 15.6. The topological polar surface area (TPSA) is 41.6 Å². The predicted octanol–water partition coefficient (Wildman–Crippen LogP) is 5.06. The van der Waals surface area contributed by atoms with Gasteiger partial charge < -0.3 is 10.1 Å². The number of carbonyl (C=O) groups is 1. The summed E-state index contributed by atoms with van der Waals surface area (Å²) in [6.07, 6.45) is 1.81. The minimum atomic E-state index is 0.0891. The van der Waals surface area contributed by atoms with Crippen molar-refractivity contribution < 1.29 is 9.53 Å². The van der Waals surface area contributed by atoms with E-state index in [2.05, 4.69) is 42.3 Å². The van der Waals surface area contributed by atoms with E-state index in [-0.39, 0.29) is 11.8 Å². The number of benzene rings is 2. The van der Waals surface area contributed by atoms with Crippen LogP contribution in [0.15, 0.2) is 48.5 Å². The number of rotatable bonds is 7. The highest BCUT2D eigenvalue weighted by atomic mass is 16.5. The Morgan fingerprint density at radius 1 is 1.14 bits per heavy atom. The summed E-state index contributed by atoms with van der Waals surface area (Å²) in [6.45, 7) is 9.80. The van der Waals surface area contributed by atoms with Gasteiger partial charge in [0.2, 0.25) is 5.91 Å². The van der Waals surface area contributed by atoms with Crippen molar-refractivity contribution in [1.29, 1.82) is 0 Å². The third-order valence-electron chi connectivity index (χ3n) is 5.41. The number of nitrogens with one attached hydrogen (secondary N) is 1. The average molecular weight is 381 g/mol. The van der Waals surface area contributed by atoms with Gasteiger partial charge in [-0.3, -0.25) is 9.69 Å². The first-order chi connectivity index (χ1) is 13.6. The van der Waals surface area contributed by atoms with Gasteiger partial charge in [-0.25, -0.2) is 0 Å². The van der Waals surface area contributed by atoms with E-state index < -0.39 is 0 Å². The Morgan fingerprint density at radius 3 is 2.61 bits per heavy atom. The van der Waals surface area contributed by atoms with Crippen LogP contribution in [0.5, 0.6) is 5.75 Å². The lowest BCUT2D eigenvalue weighted by Gasteiger charge is -2.31. The third-order valence-corrected chi connectivity index (χ3v) is 5.41. The number of ether oxygens (including phenoxy) is 1. The lowest BCUT2D eigenvalue weighted by atomic mass is 9.94. The fraction of sp³-hybridized carbons (Fsp3) is 0.458. The Morgan fingerprint density at radius 2 is 1.89 bits per heavy atom. The Hall–Kier alpha value is -2.33. The van der Waals surface area contributed by atoms with Gasteiger partial charge in [0.15, 0.2) is 0 Å². The fourth-order valence-electron chi connectivity index (χ4n) is 3.86. The summed E-state index contributed by atoms with van der Waals surface area (Å²) in [5.74, 6) is 1.57. The summed E-state index contributed by atoms with van der Waals surface area (Å²) >= 11 is 0. The summed E-state index contributed by atoms with van der Waals surface area (Å²) in [6, 6.07) is 16.4. The summed E-state index contributed by atoms with van der Waals surface area (Å²) in [5, 5.41) is 3.17. The molecule has 2 aromatic rings. The van der Waals surface area contributed by atoms with E-state index in [1.807, 2.05) is 37.3 Å². The van der Waals surface area contributed by atoms with Crippen LogP contribution in [0.25, 0.3) is 0 Å². The van der Waals surface area contributed by atoms with Gasteiger partial charge in [-0.1, -0.05) is 44.2 Å². The maximum absolute atomic E-state index is 12.8. The van der Waals surface area contributed by atoms with E-state index in [0.717, 1.165) is 43.9 Å². The molecule has 3 rings (SSSR count). The van der Waals surface area contributed by atoms with Gasteiger partial charge in [0.25, 0.3) is 0 Å². The molecule has 4 nitrogen and oxygen atoms in total. The summed E-state index contributed by atoms with van der Waals surface area (Å²) in [7, 11) is 0. The predicted molar refractivity (Wildman–Crippen MR) is 115 cm³/mol. The molecule has 0 saturated carbocycles. The smallest absolute Gasteiger partial charge is 0.227 e. The molecule has 0 atom stereocenters. The maximum atomic E-state index is 12.8. The number of para-hydroxylation sites is 1. The molecule has 1 heterocycles. The second-order valence-electron chi connectivity index (χ2n) is 7.86. The number of piperidine rings is 1. The van der Waals surface area contributed by atoms with Gasteiger partial charge in [-0.05, 0) is 68.1 Å². The number of likely N-dealkylation sites (tertiary alicyclic amines) is 1. The van der Waals surface area contributed by atoms with Crippen molar-refractivity contribution >= 4 is 11.6 Å². The van der Waals surface area contributed by atoms with E-state index in [0.29, 0.717) is 12.5 Å². The molecular formula is C24H32N2O2. The molecule has 4 heteroatoms. The molecule has 1 aliphatic heterocycles. The van der Waals surface area contributed by atoms with Crippen LogP contribution < -0.4 is 10.1 Å². The molecule has 0 radical (unpaired) electrons. The van der Waals surface area contributed by atoms with E-state index in [1.165, 1.54) is 11.1 Å². The van der Waals surface area contributed by atoms with Crippen LogP contribution in [0.3, 0.4) is 0 Å². The van der Waals surface area contributed by atoms with Gasteiger partial charge in [0.05, 0.1) is 6.61 Å². The molecule has 150 valence electrons. The van der Waals surface area contributed by atoms with Crippen molar-refractivity contribution in [3.05, 3.63) is 59.7 Å². The fourth-order valence-corrected chi connectivity index (χ4v) is 3.86. The zero-order valence-electron chi connectivity index (χ0n) is 17.3. The van der Waals surface area contributed by atoms with E-state index in [4.69, 9.17) is 4.74 Å². The number of amides is 1. The lowest BCUT2D eigenvalue weighted by Crippen LogP contribution is -2.37. The number of nitrogens with zero attached hydrogens (tertiary/aromatic N) is 1. The van der Waals surface area contributed by atoms with Crippen LogP contribution in [-0.2, 0) is 11.3 Å². The molecule has 1 aliphatic rings. The van der Waals surface area contributed by atoms with Crippen LogP contribution in [0.2, 0.25) is 0 Å². The van der Waals surface area contributed by atoms with E-state index >= 15 is 0 Å². The second-order valence-corrected chi connectivity index (χ2v) is 7.86. The third kappa shape index (κ3) is 5.35. The minimum Gasteiger partial charge on any atom is -0.494 e. The molecule has 0 unspecified atom stereocenters. The van der Waals surface area contributed by atoms with Crippen LogP contribution in [0.4, 0.5) is 5.69 Å². The maximum Gasteiger partial charge on any atom is 0.227 e. The van der Waals surface area contributed by atoms with Gasteiger partial charge in [-0.15, -0.1) is 0 Å². The molecule has 0 bridgehead atoms. The Labute approximate surface area is 168 Å². The molecule has 0 spiro atoms. The van der Waals surface area contributed by atoms with Crippen molar-refractivity contribution in [3.63, 3.8) is 0 Å². The first-order valence-corrected chi connectivity index (χ1v) is 10.4. The van der Waals surface area contributed by atoms with Gasteiger partial charge in [0, 0.05) is 18.2 Å². The molecule has 0 aromatic heterocycles. The average Bonchev–Trinajstić information content (AvgIpc) is 2.69. The number of hydrogen-bond acceptors (Lipinski definition) is 3. The summed E-state index contributed by atoms with van der Waals surface area (Å²) in [4.78, 5) is 15.2. The number of carbonyl (C=O) groups excluding carboxylic acids is 1. The summed E-state index contributed by atoms with van der Waals surface area (Å²) in [5.41, 5.74) is 3.42. The Kier molecular flexibility index (Phi) is 7.10. The van der Waals surface area contributed by atoms with Crippen LogP contribution in [0, 0.1) is 5.92 Å². The van der Waals surface area contributed by atoms with Gasteiger partial charge in [0.1, 0.15) is 5.75 Å². The van der Waals surface area contributed by atoms with Gasteiger partial charge >= 0.3 is 0 Å². The van der Waals surface area contributed by atoms with Crippen molar-refractivity contribution in [2.24, 2.45) is 5.92 Å². The molecule has 1 saturated heterocycles. The van der Waals surface area contributed by atoms with Crippen LogP contribution >= 0.6 is 0 Å². The van der Waals surface area contributed by atoms with Crippen LogP contribution in [0.1, 0.15) is 50.7 Å². The molecule has 2 aromatic carbocycles. The van der Waals surface area contributed by atoms with E-state index in [9.17, 15) is 4.79 Å².